The van der Waals surface area contributed by atoms with E-state index < -0.39 is 0 Å². The summed E-state index contributed by atoms with van der Waals surface area (Å²) >= 11 is 1.56. The van der Waals surface area contributed by atoms with Crippen molar-refractivity contribution in [3.8, 4) is 0 Å². The molecule has 0 spiro atoms. The van der Waals surface area contributed by atoms with Crippen molar-refractivity contribution in [2.24, 2.45) is 5.92 Å². The number of thiazole rings is 1. The Morgan fingerprint density at radius 1 is 1.07 bits per heavy atom. The number of carbonyl (C=O) groups excluding carboxylic acids is 2. The molecule has 0 unspecified atom stereocenters. The number of amides is 2. The molecule has 0 atom stereocenters. The van der Waals surface area contributed by atoms with Gasteiger partial charge in [-0.25, -0.2) is 4.98 Å². The Labute approximate surface area is 163 Å². The van der Waals surface area contributed by atoms with Crippen molar-refractivity contribution in [3.05, 3.63) is 46.4 Å². The zero-order chi connectivity index (χ0) is 18.8. The molecule has 0 aliphatic carbocycles. The van der Waals surface area contributed by atoms with E-state index in [1.54, 1.807) is 16.2 Å². The van der Waals surface area contributed by atoms with E-state index in [0.717, 1.165) is 36.9 Å². The normalized spacial score (nSPS) is 17.7. The number of piperazine rings is 1. The molecule has 6 nitrogen and oxygen atoms in total. The number of carbonyl (C=O) groups is 2. The first kappa shape index (κ1) is 18.0. The molecule has 2 saturated heterocycles. The van der Waals surface area contributed by atoms with Gasteiger partial charge in [-0.05, 0) is 19.1 Å². The summed E-state index contributed by atoms with van der Waals surface area (Å²) in [5.41, 5.74) is 2.04. The Hall–Kier alpha value is -2.41. The molecule has 7 heteroatoms. The second-order valence-corrected chi connectivity index (χ2v) is 8.24. The van der Waals surface area contributed by atoms with E-state index in [1.807, 2.05) is 35.4 Å². The first-order valence-corrected chi connectivity index (χ1v) is 10.3. The smallest absolute Gasteiger partial charge is 0.229 e. The number of aryl methyl sites for hydroxylation is 1. The van der Waals surface area contributed by atoms with Crippen molar-refractivity contribution in [1.29, 1.82) is 0 Å². The topological polar surface area (TPSA) is 56.8 Å². The van der Waals surface area contributed by atoms with Gasteiger partial charge in [0.25, 0.3) is 0 Å². The van der Waals surface area contributed by atoms with Crippen LogP contribution in [-0.4, -0.2) is 65.9 Å². The highest BCUT2D eigenvalue weighted by Crippen LogP contribution is 2.22. The highest BCUT2D eigenvalue weighted by atomic mass is 32.1. The number of hydrogen-bond donors (Lipinski definition) is 0. The van der Waals surface area contributed by atoms with Gasteiger partial charge >= 0.3 is 0 Å². The molecule has 0 bridgehead atoms. The second kappa shape index (κ2) is 7.68. The minimum atomic E-state index is -0.0469. The van der Waals surface area contributed by atoms with E-state index >= 15 is 0 Å². The maximum absolute atomic E-state index is 12.7. The molecule has 0 saturated carbocycles. The molecular weight excluding hydrogens is 360 g/mol. The molecule has 0 N–H and O–H groups in total. The first-order valence-electron chi connectivity index (χ1n) is 9.38. The van der Waals surface area contributed by atoms with E-state index in [-0.39, 0.29) is 17.7 Å². The number of para-hydroxylation sites is 1. The molecule has 2 aliphatic heterocycles. The third-order valence-corrected chi connectivity index (χ3v) is 6.12. The maximum Gasteiger partial charge on any atom is 0.229 e. The van der Waals surface area contributed by atoms with Crippen molar-refractivity contribution >= 4 is 28.8 Å². The zero-order valence-electron chi connectivity index (χ0n) is 15.5. The summed E-state index contributed by atoms with van der Waals surface area (Å²) in [5.74, 6) is 0.212. The summed E-state index contributed by atoms with van der Waals surface area (Å²) in [6.07, 6.45) is 0.334. The lowest BCUT2D eigenvalue weighted by Crippen LogP contribution is -2.59. The van der Waals surface area contributed by atoms with E-state index in [1.165, 1.54) is 5.69 Å². The standard InChI is InChI=1S/C20H24N4O2S/c1-15-21-17(14-27-15)11-19(25)24-12-16(13-24)20(26)23-9-7-22(8-10-23)18-5-3-2-4-6-18/h2-6,14,16H,7-13H2,1H3. The predicted molar refractivity (Wildman–Crippen MR) is 106 cm³/mol. The van der Waals surface area contributed by atoms with Crippen LogP contribution in [0.15, 0.2) is 35.7 Å². The first-order chi connectivity index (χ1) is 13.1. The summed E-state index contributed by atoms with van der Waals surface area (Å²) in [6, 6.07) is 10.3. The summed E-state index contributed by atoms with van der Waals surface area (Å²) in [6.45, 7) is 6.23. The monoisotopic (exact) mass is 384 g/mol. The van der Waals surface area contributed by atoms with Crippen LogP contribution < -0.4 is 4.90 Å². The predicted octanol–water partition coefficient (Wildman–Crippen LogP) is 1.80. The molecule has 2 amide bonds. The molecule has 142 valence electrons. The minimum Gasteiger partial charge on any atom is -0.368 e. The lowest BCUT2D eigenvalue weighted by Gasteiger charge is -2.43. The van der Waals surface area contributed by atoms with Crippen LogP contribution in [0, 0.1) is 12.8 Å². The van der Waals surface area contributed by atoms with Gasteiger partial charge in [-0.3, -0.25) is 9.59 Å². The van der Waals surface area contributed by atoms with Crippen molar-refractivity contribution in [2.45, 2.75) is 13.3 Å². The van der Waals surface area contributed by atoms with Crippen LogP contribution in [0.1, 0.15) is 10.7 Å². The van der Waals surface area contributed by atoms with Crippen LogP contribution in [0.4, 0.5) is 5.69 Å². The molecule has 3 heterocycles. The van der Waals surface area contributed by atoms with Gasteiger partial charge in [0.2, 0.25) is 11.8 Å². The second-order valence-electron chi connectivity index (χ2n) is 7.18. The van der Waals surface area contributed by atoms with Crippen molar-refractivity contribution < 1.29 is 9.59 Å². The van der Waals surface area contributed by atoms with Gasteiger partial charge in [0.1, 0.15) is 0 Å². The quantitative estimate of drug-likeness (QED) is 0.807. The lowest BCUT2D eigenvalue weighted by atomic mass is 9.97. The Balaban J connectivity index is 1.23. The van der Waals surface area contributed by atoms with E-state index in [9.17, 15) is 9.59 Å². The van der Waals surface area contributed by atoms with Gasteiger partial charge in [0.15, 0.2) is 0 Å². The Bertz CT molecular complexity index is 808. The Morgan fingerprint density at radius 3 is 2.41 bits per heavy atom. The van der Waals surface area contributed by atoms with Crippen LogP contribution in [0.25, 0.3) is 0 Å². The number of rotatable bonds is 4. The third-order valence-electron chi connectivity index (χ3n) is 5.30. The van der Waals surface area contributed by atoms with Gasteiger partial charge in [0.05, 0.1) is 23.0 Å². The summed E-state index contributed by atoms with van der Waals surface area (Å²) in [5, 5.41) is 2.91. The number of nitrogens with zero attached hydrogens (tertiary/aromatic N) is 4. The number of likely N-dealkylation sites (tertiary alicyclic amines) is 1. The molecule has 0 radical (unpaired) electrons. The third kappa shape index (κ3) is 3.98. The van der Waals surface area contributed by atoms with E-state index in [4.69, 9.17) is 0 Å². The van der Waals surface area contributed by atoms with Gasteiger partial charge in [-0.2, -0.15) is 0 Å². The molecule has 1 aromatic heterocycles. The zero-order valence-corrected chi connectivity index (χ0v) is 16.3. The van der Waals surface area contributed by atoms with Gasteiger partial charge < -0.3 is 14.7 Å². The van der Waals surface area contributed by atoms with Crippen molar-refractivity contribution in [3.63, 3.8) is 0 Å². The maximum atomic E-state index is 12.7. The minimum absolute atomic E-state index is 0.0469. The van der Waals surface area contributed by atoms with Crippen molar-refractivity contribution in [1.82, 2.24) is 14.8 Å². The molecule has 2 aromatic rings. The summed E-state index contributed by atoms with van der Waals surface area (Å²) < 4.78 is 0. The molecule has 2 aliphatic rings. The highest BCUT2D eigenvalue weighted by Gasteiger charge is 2.38. The average molecular weight is 385 g/mol. The number of anilines is 1. The van der Waals surface area contributed by atoms with Crippen molar-refractivity contribution in [2.75, 3.05) is 44.2 Å². The van der Waals surface area contributed by atoms with Crippen LogP contribution >= 0.6 is 11.3 Å². The van der Waals surface area contributed by atoms with Crippen LogP contribution in [0.2, 0.25) is 0 Å². The average Bonchev–Trinajstić information content (AvgIpc) is 3.06. The molecule has 1 aromatic carbocycles. The van der Waals surface area contributed by atoms with Gasteiger partial charge in [0, 0.05) is 50.3 Å². The fraction of sp³-hybridized carbons (Fsp3) is 0.450. The SMILES string of the molecule is Cc1nc(CC(=O)N2CC(C(=O)N3CCN(c4ccccc4)CC3)C2)cs1. The highest BCUT2D eigenvalue weighted by molar-refractivity contribution is 7.09. The van der Waals surface area contributed by atoms with E-state index in [2.05, 4.69) is 22.0 Å². The molecule has 27 heavy (non-hydrogen) atoms. The number of benzene rings is 1. The van der Waals surface area contributed by atoms with Crippen LogP contribution in [-0.2, 0) is 16.0 Å². The Kier molecular flexibility index (Phi) is 5.11. The van der Waals surface area contributed by atoms with Gasteiger partial charge in [-0.15, -0.1) is 11.3 Å². The molecular formula is C20H24N4O2S. The number of hydrogen-bond acceptors (Lipinski definition) is 5. The number of aromatic nitrogens is 1. The van der Waals surface area contributed by atoms with Gasteiger partial charge in [-0.1, -0.05) is 18.2 Å². The van der Waals surface area contributed by atoms with Crippen LogP contribution in [0.3, 0.4) is 0 Å². The Morgan fingerprint density at radius 2 is 1.78 bits per heavy atom. The summed E-state index contributed by atoms with van der Waals surface area (Å²) in [7, 11) is 0. The van der Waals surface area contributed by atoms with E-state index in [0.29, 0.717) is 19.5 Å². The fourth-order valence-corrected chi connectivity index (χ4v) is 4.29. The molecule has 2 fully saturated rings. The summed E-state index contributed by atoms with van der Waals surface area (Å²) in [4.78, 5) is 35.4. The largest absolute Gasteiger partial charge is 0.368 e. The van der Waals surface area contributed by atoms with Crippen LogP contribution in [0.5, 0.6) is 0 Å². The molecule has 4 rings (SSSR count). The lowest BCUT2D eigenvalue weighted by molar-refractivity contribution is -0.148. The fourth-order valence-electron chi connectivity index (χ4n) is 3.68.